The topological polar surface area (TPSA) is 40.6 Å². The maximum Gasteiger partial charge on any atom is 0.277 e. The van der Waals surface area contributed by atoms with Crippen LogP contribution in [0.15, 0.2) is 46.8 Å². The number of nitrogens with zero attached hydrogens (tertiary/aromatic N) is 2. The molecule has 2 aliphatic heterocycles. The molecule has 0 atom stereocenters. The van der Waals surface area contributed by atoms with Crippen LogP contribution in [-0.2, 0) is 9.59 Å². The summed E-state index contributed by atoms with van der Waals surface area (Å²) in [5.74, 6) is -0.816. The lowest BCUT2D eigenvalue weighted by molar-refractivity contribution is -0.119. The van der Waals surface area contributed by atoms with Crippen molar-refractivity contribution >= 4 is 51.7 Å². The van der Waals surface area contributed by atoms with Crippen LogP contribution in [0.3, 0.4) is 0 Å². The number of benzene rings is 1. The van der Waals surface area contributed by atoms with Crippen LogP contribution in [0.4, 0.5) is 11.4 Å². The summed E-state index contributed by atoms with van der Waals surface area (Å²) in [5, 5.41) is 1.85. The Morgan fingerprint density at radius 1 is 0.880 bits per heavy atom. The number of rotatable bonds is 3. The normalized spacial score (nSPS) is 18.4. The van der Waals surface area contributed by atoms with Crippen molar-refractivity contribution in [1.82, 2.24) is 0 Å². The molecule has 0 bridgehead atoms. The quantitative estimate of drug-likeness (QED) is 0.756. The number of carbonyl (C=O) groups excluding carboxylic acids is 2. The van der Waals surface area contributed by atoms with Gasteiger partial charge >= 0.3 is 0 Å². The predicted octanol–water partition coefficient (Wildman–Crippen LogP) is 4.26. The van der Waals surface area contributed by atoms with E-state index in [9.17, 15) is 9.59 Å². The third-order valence-corrected chi connectivity index (χ3v) is 5.86. The number of imide groups is 1. The maximum absolute atomic E-state index is 12.8. The van der Waals surface area contributed by atoms with Gasteiger partial charge in [-0.25, -0.2) is 4.90 Å². The molecule has 25 heavy (non-hydrogen) atoms. The van der Waals surface area contributed by atoms with E-state index in [1.807, 2.05) is 35.7 Å². The zero-order valence-electron chi connectivity index (χ0n) is 13.6. The van der Waals surface area contributed by atoms with Gasteiger partial charge in [-0.05, 0) is 55.0 Å². The van der Waals surface area contributed by atoms with E-state index in [0.29, 0.717) is 11.3 Å². The number of hydrogen-bond donors (Lipinski definition) is 0. The van der Waals surface area contributed by atoms with E-state index in [1.165, 1.54) is 30.6 Å². The van der Waals surface area contributed by atoms with E-state index in [0.717, 1.165) is 28.6 Å². The van der Waals surface area contributed by atoms with Crippen molar-refractivity contribution in [2.24, 2.45) is 0 Å². The molecule has 3 heterocycles. The molecule has 0 spiro atoms. The van der Waals surface area contributed by atoms with Gasteiger partial charge in [-0.1, -0.05) is 17.7 Å². The number of piperidine rings is 1. The third kappa shape index (κ3) is 2.87. The molecule has 1 fully saturated rings. The first-order valence-corrected chi connectivity index (χ1v) is 9.60. The lowest BCUT2D eigenvalue weighted by atomic mass is 10.1. The smallest absolute Gasteiger partial charge is 0.277 e. The Labute approximate surface area is 155 Å². The monoisotopic (exact) mass is 372 g/mol. The summed E-state index contributed by atoms with van der Waals surface area (Å²) in [6.45, 7) is 2.10. The molecule has 2 aliphatic rings. The minimum Gasteiger partial charge on any atom is -0.372 e. The Morgan fingerprint density at radius 2 is 1.56 bits per heavy atom. The van der Waals surface area contributed by atoms with Gasteiger partial charge in [0.1, 0.15) is 5.03 Å². The van der Waals surface area contributed by atoms with Crippen molar-refractivity contribution in [2.75, 3.05) is 22.9 Å². The van der Waals surface area contributed by atoms with Crippen molar-refractivity contribution in [3.05, 3.63) is 51.7 Å². The molecule has 0 unspecified atom stereocenters. The molecule has 1 saturated heterocycles. The van der Waals surface area contributed by atoms with Gasteiger partial charge in [0.05, 0.1) is 11.3 Å². The van der Waals surface area contributed by atoms with Gasteiger partial charge < -0.3 is 4.90 Å². The minimum atomic E-state index is -0.458. The van der Waals surface area contributed by atoms with E-state index < -0.39 is 5.91 Å². The second-order valence-corrected chi connectivity index (χ2v) is 7.50. The van der Waals surface area contributed by atoms with Crippen LogP contribution in [0.1, 0.15) is 24.1 Å². The van der Waals surface area contributed by atoms with Crippen molar-refractivity contribution in [3.63, 3.8) is 0 Å². The SMILES string of the molecule is O=C1C(Cl)=C(c2cccs2)C(=O)N1c1ccc(N2CCCCC2)cc1. The molecule has 0 aliphatic carbocycles. The number of hydrogen-bond acceptors (Lipinski definition) is 4. The fraction of sp³-hybridized carbons (Fsp3) is 0.263. The average Bonchev–Trinajstić information content (AvgIpc) is 3.24. The fourth-order valence-electron chi connectivity index (χ4n) is 3.34. The zero-order valence-corrected chi connectivity index (χ0v) is 15.1. The molecule has 1 aromatic heterocycles. The molecule has 2 amide bonds. The number of carbonyl (C=O) groups is 2. The lowest BCUT2D eigenvalue weighted by Gasteiger charge is -2.29. The molecule has 1 aromatic carbocycles. The molecular weight excluding hydrogens is 356 g/mol. The Bertz CT molecular complexity index is 837. The van der Waals surface area contributed by atoms with Crippen LogP contribution < -0.4 is 9.80 Å². The summed E-state index contributed by atoms with van der Waals surface area (Å²) < 4.78 is 0. The van der Waals surface area contributed by atoms with Crippen LogP contribution >= 0.6 is 22.9 Å². The van der Waals surface area contributed by atoms with Gasteiger partial charge in [0, 0.05) is 23.7 Å². The van der Waals surface area contributed by atoms with E-state index in [2.05, 4.69) is 4.90 Å². The molecule has 2 aromatic rings. The standard InChI is InChI=1S/C19H17ClN2O2S/c20-17-16(15-5-4-12-25-15)18(23)22(19(17)24)14-8-6-13(7-9-14)21-10-2-1-3-11-21/h4-9,12H,1-3,10-11H2. The number of anilines is 2. The number of halogens is 1. The summed E-state index contributed by atoms with van der Waals surface area (Å²) in [6, 6.07) is 11.2. The zero-order chi connectivity index (χ0) is 17.4. The second-order valence-electron chi connectivity index (χ2n) is 6.18. The van der Waals surface area contributed by atoms with Gasteiger partial charge in [-0.3, -0.25) is 9.59 Å². The minimum absolute atomic E-state index is 0.00689. The van der Waals surface area contributed by atoms with Crippen LogP contribution in [0, 0.1) is 0 Å². The summed E-state index contributed by atoms with van der Waals surface area (Å²) in [6.07, 6.45) is 3.68. The van der Waals surface area contributed by atoms with Crippen LogP contribution in [0.5, 0.6) is 0 Å². The first-order chi connectivity index (χ1) is 12.2. The molecule has 0 saturated carbocycles. The molecular formula is C19H17ClN2O2S. The molecule has 4 nitrogen and oxygen atoms in total. The highest BCUT2D eigenvalue weighted by Gasteiger charge is 2.39. The molecule has 4 rings (SSSR count). The molecule has 6 heteroatoms. The summed E-state index contributed by atoms with van der Waals surface area (Å²) in [5.41, 5.74) is 1.97. The summed E-state index contributed by atoms with van der Waals surface area (Å²) in [4.78, 5) is 29.5. The van der Waals surface area contributed by atoms with Crippen molar-refractivity contribution in [3.8, 4) is 0 Å². The Morgan fingerprint density at radius 3 is 2.20 bits per heavy atom. The third-order valence-electron chi connectivity index (χ3n) is 4.62. The summed E-state index contributed by atoms with van der Waals surface area (Å²) >= 11 is 7.58. The van der Waals surface area contributed by atoms with E-state index >= 15 is 0 Å². The lowest BCUT2D eigenvalue weighted by Crippen LogP contribution is -2.31. The Hall–Kier alpha value is -2.11. The van der Waals surface area contributed by atoms with Gasteiger partial charge in [0.2, 0.25) is 0 Å². The largest absolute Gasteiger partial charge is 0.372 e. The van der Waals surface area contributed by atoms with Gasteiger partial charge in [-0.2, -0.15) is 0 Å². The molecule has 0 N–H and O–H groups in total. The first-order valence-electron chi connectivity index (χ1n) is 8.34. The molecule has 128 valence electrons. The van der Waals surface area contributed by atoms with Crippen LogP contribution in [-0.4, -0.2) is 24.9 Å². The highest BCUT2D eigenvalue weighted by atomic mass is 35.5. The maximum atomic E-state index is 12.8. The Kier molecular flexibility index (Phi) is 4.36. The van der Waals surface area contributed by atoms with Crippen LogP contribution in [0.2, 0.25) is 0 Å². The predicted molar refractivity (Wildman–Crippen MR) is 102 cm³/mol. The van der Waals surface area contributed by atoms with Gasteiger partial charge in [-0.15, -0.1) is 11.3 Å². The number of amides is 2. The summed E-state index contributed by atoms with van der Waals surface area (Å²) in [7, 11) is 0. The van der Waals surface area contributed by atoms with Crippen LogP contribution in [0.25, 0.3) is 5.57 Å². The number of thiophene rings is 1. The van der Waals surface area contributed by atoms with Crippen molar-refractivity contribution in [2.45, 2.75) is 19.3 Å². The van der Waals surface area contributed by atoms with Gasteiger partial charge in [0.15, 0.2) is 0 Å². The Balaban J connectivity index is 1.60. The highest BCUT2D eigenvalue weighted by molar-refractivity contribution is 7.11. The molecule has 0 radical (unpaired) electrons. The van der Waals surface area contributed by atoms with Gasteiger partial charge in [0.25, 0.3) is 11.8 Å². The first kappa shape index (κ1) is 16.4. The van der Waals surface area contributed by atoms with E-state index in [4.69, 9.17) is 11.6 Å². The van der Waals surface area contributed by atoms with Crippen molar-refractivity contribution < 1.29 is 9.59 Å². The highest BCUT2D eigenvalue weighted by Crippen LogP contribution is 2.37. The fourth-order valence-corrected chi connectivity index (χ4v) is 4.43. The van der Waals surface area contributed by atoms with E-state index in [1.54, 1.807) is 6.07 Å². The second kappa shape index (κ2) is 6.65. The average molecular weight is 373 g/mol. The van der Waals surface area contributed by atoms with E-state index in [-0.39, 0.29) is 10.9 Å². The van der Waals surface area contributed by atoms with Crippen molar-refractivity contribution in [1.29, 1.82) is 0 Å².